The van der Waals surface area contributed by atoms with E-state index in [1.54, 1.807) is 33.5 Å². The summed E-state index contributed by atoms with van der Waals surface area (Å²) in [5.41, 5.74) is 0.803. The van der Waals surface area contributed by atoms with Crippen molar-refractivity contribution in [3.8, 4) is 23.3 Å². The normalized spacial score (nSPS) is 11.8. The van der Waals surface area contributed by atoms with E-state index in [1.165, 1.54) is 0 Å². The minimum absolute atomic E-state index is 0.362. The number of ether oxygens (including phenoxy) is 3. The molecule has 1 atom stereocenters. The molecule has 5 nitrogen and oxygen atoms in total. The minimum atomic E-state index is -0.362. The molecule has 1 unspecified atom stereocenters. The van der Waals surface area contributed by atoms with Crippen LogP contribution in [-0.2, 0) is 0 Å². The Bertz CT molecular complexity index is 427. The van der Waals surface area contributed by atoms with Gasteiger partial charge in [-0.3, -0.25) is 4.90 Å². The fourth-order valence-corrected chi connectivity index (χ4v) is 1.75. The highest BCUT2D eigenvalue weighted by Gasteiger charge is 2.19. The van der Waals surface area contributed by atoms with Gasteiger partial charge in [0.1, 0.15) is 6.04 Å². The van der Waals surface area contributed by atoms with Crippen LogP contribution in [0.5, 0.6) is 17.2 Å². The van der Waals surface area contributed by atoms with Gasteiger partial charge in [-0.25, -0.2) is 0 Å². The molecule has 5 heteroatoms. The van der Waals surface area contributed by atoms with Crippen molar-refractivity contribution < 1.29 is 14.2 Å². The van der Waals surface area contributed by atoms with Crippen LogP contribution < -0.4 is 14.2 Å². The van der Waals surface area contributed by atoms with Crippen molar-refractivity contribution in [1.29, 1.82) is 5.26 Å². The van der Waals surface area contributed by atoms with E-state index in [-0.39, 0.29) is 6.04 Å². The van der Waals surface area contributed by atoms with Gasteiger partial charge in [0.15, 0.2) is 11.5 Å². The fraction of sp³-hybridized carbons (Fsp3) is 0.462. The van der Waals surface area contributed by atoms with Crippen LogP contribution in [-0.4, -0.2) is 40.3 Å². The highest BCUT2D eigenvalue weighted by molar-refractivity contribution is 5.55. The van der Waals surface area contributed by atoms with Crippen LogP contribution >= 0.6 is 0 Å². The number of nitriles is 1. The maximum atomic E-state index is 9.20. The first-order chi connectivity index (χ1) is 8.58. The van der Waals surface area contributed by atoms with E-state index >= 15 is 0 Å². The second kappa shape index (κ2) is 6.12. The van der Waals surface area contributed by atoms with E-state index in [0.717, 1.165) is 5.56 Å². The van der Waals surface area contributed by atoms with Crippen molar-refractivity contribution in [2.75, 3.05) is 35.4 Å². The van der Waals surface area contributed by atoms with Gasteiger partial charge in [0.2, 0.25) is 5.75 Å². The summed E-state index contributed by atoms with van der Waals surface area (Å²) in [5, 5.41) is 9.20. The molecule has 0 saturated carbocycles. The standard InChI is InChI=1S/C13H18N2O3/c1-15(2)10(8-14)9-6-11(16-3)13(18-5)12(7-9)17-4/h6-7,10H,1-5H3. The first-order valence-electron chi connectivity index (χ1n) is 5.45. The Morgan fingerprint density at radius 1 is 1.06 bits per heavy atom. The molecule has 0 aliphatic heterocycles. The quantitative estimate of drug-likeness (QED) is 0.798. The van der Waals surface area contributed by atoms with Crippen LogP contribution in [0.1, 0.15) is 11.6 Å². The fourth-order valence-electron chi connectivity index (χ4n) is 1.75. The summed E-state index contributed by atoms with van der Waals surface area (Å²) in [6.45, 7) is 0. The summed E-state index contributed by atoms with van der Waals surface area (Å²) in [6.07, 6.45) is 0. The largest absolute Gasteiger partial charge is 0.493 e. The van der Waals surface area contributed by atoms with Crippen LogP contribution in [0.3, 0.4) is 0 Å². The molecule has 0 aliphatic carbocycles. The van der Waals surface area contributed by atoms with E-state index in [0.29, 0.717) is 17.2 Å². The van der Waals surface area contributed by atoms with Crippen molar-refractivity contribution >= 4 is 0 Å². The summed E-state index contributed by atoms with van der Waals surface area (Å²) >= 11 is 0. The van der Waals surface area contributed by atoms with Crippen LogP contribution in [0.25, 0.3) is 0 Å². The average Bonchev–Trinajstić information content (AvgIpc) is 2.37. The number of nitrogens with zero attached hydrogens (tertiary/aromatic N) is 2. The number of methoxy groups -OCH3 is 3. The number of rotatable bonds is 5. The van der Waals surface area contributed by atoms with E-state index in [4.69, 9.17) is 14.2 Å². The van der Waals surface area contributed by atoms with Gasteiger partial charge in [-0.2, -0.15) is 5.26 Å². The smallest absolute Gasteiger partial charge is 0.203 e. The number of benzene rings is 1. The maximum Gasteiger partial charge on any atom is 0.203 e. The first-order valence-corrected chi connectivity index (χ1v) is 5.45. The third-order valence-electron chi connectivity index (χ3n) is 2.64. The topological polar surface area (TPSA) is 54.7 Å². The molecule has 1 rings (SSSR count). The summed E-state index contributed by atoms with van der Waals surface area (Å²) in [7, 11) is 8.35. The van der Waals surface area contributed by atoms with Gasteiger partial charge < -0.3 is 14.2 Å². The molecule has 0 N–H and O–H groups in total. The molecule has 0 saturated heterocycles. The van der Waals surface area contributed by atoms with E-state index < -0.39 is 0 Å². The predicted octanol–water partition coefficient (Wildman–Crippen LogP) is 1.84. The molecule has 0 fully saturated rings. The predicted molar refractivity (Wildman–Crippen MR) is 68.1 cm³/mol. The lowest BCUT2D eigenvalue weighted by Gasteiger charge is -2.20. The average molecular weight is 250 g/mol. The van der Waals surface area contributed by atoms with Gasteiger partial charge in [0, 0.05) is 0 Å². The molecule has 18 heavy (non-hydrogen) atoms. The monoisotopic (exact) mass is 250 g/mol. The van der Waals surface area contributed by atoms with Crippen molar-refractivity contribution in [1.82, 2.24) is 4.90 Å². The van der Waals surface area contributed by atoms with Crippen LogP contribution in [0.15, 0.2) is 12.1 Å². The molecule has 98 valence electrons. The molecule has 0 spiro atoms. The SMILES string of the molecule is COc1cc(C(C#N)N(C)C)cc(OC)c1OC. The van der Waals surface area contributed by atoms with Crippen molar-refractivity contribution in [2.45, 2.75) is 6.04 Å². The molecule has 0 aliphatic rings. The van der Waals surface area contributed by atoms with Crippen LogP contribution in [0.4, 0.5) is 0 Å². The lowest BCUT2D eigenvalue weighted by atomic mass is 10.1. The molecule has 1 aromatic carbocycles. The zero-order chi connectivity index (χ0) is 13.7. The number of hydrogen-bond acceptors (Lipinski definition) is 5. The highest BCUT2D eigenvalue weighted by atomic mass is 16.5. The Labute approximate surface area is 107 Å². The van der Waals surface area contributed by atoms with E-state index in [2.05, 4.69) is 6.07 Å². The van der Waals surface area contributed by atoms with Crippen LogP contribution in [0.2, 0.25) is 0 Å². The Kier molecular flexibility index (Phi) is 4.81. The molecular weight excluding hydrogens is 232 g/mol. The third-order valence-corrected chi connectivity index (χ3v) is 2.64. The molecule has 0 aromatic heterocycles. The van der Waals surface area contributed by atoms with Gasteiger partial charge in [0.05, 0.1) is 27.4 Å². The third kappa shape index (κ3) is 2.66. The molecule has 0 amide bonds. The second-order valence-electron chi connectivity index (χ2n) is 3.95. The second-order valence-corrected chi connectivity index (χ2v) is 3.95. The van der Waals surface area contributed by atoms with Gasteiger partial charge in [0.25, 0.3) is 0 Å². The van der Waals surface area contributed by atoms with Crippen LogP contribution in [0, 0.1) is 11.3 Å². The zero-order valence-corrected chi connectivity index (χ0v) is 11.4. The number of hydrogen-bond donors (Lipinski definition) is 0. The summed E-state index contributed by atoms with van der Waals surface area (Å²) < 4.78 is 15.8. The van der Waals surface area contributed by atoms with Crippen molar-refractivity contribution in [3.63, 3.8) is 0 Å². The van der Waals surface area contributed by atoms with Gasteiger partial charge in [-0.05, 0) is 31.8 Å². The lowest BCUT2D eigenvalue weighted by molar-refractivity contribution is 0.318. The Morgan fingerprint density at radius 3 is 1.83 bits per heavy atom. The van der Waals surface area contributed by atoms with Crippen molar-refractivity contribution in [3.05, 3.63) is 17.7 Å². The minimum Gasteiger partial charge on any atom is -0.493 e. The molecule has 0 bridgehead atoms. The van der Waals surface area contributed by atoms with Gasteiger partial charge in [-0.1, -0.05) is 0 Å². The Balaban J connectivity index is 3.36. The molecule has 1 aromatic rings. The van der Waals surface area contributed by atoms with Gasteiger partial charge >= 0.3 is 0 Å². The Morgan fingerprint density at radius 2 is 1.56 bits per heavy atom. The highest BCUT2D eigenvalue weighted by Crippen LogP contribution is 2.40. The Hall–Kier alpha value is -1.93. The summed E-state index contributed by atoms with van der Waals surface area (Å²) in [5.74, 6) is 1.63. The first kappa shape index (κ1) is 14.1. The zero-order valence-electron chi connectivity index (χ0n) is 11.4. The van der Waals surface area contributed by atoms with E-state index in [9.17, 15) is 5.26 Å². The van der Waals surface area contributed by atoms with Crippen molar-refractivity contribution in [2.24, 2.45) is 0 Å². The molecule has 0 radical (unpaired) electrons. The summed E-state index contributed by atoms with van der Waals surface area (Å²) in [4.78, 5) is 1.82. The maximum absolute atomic E-state index is 9.20. The lowest BCUT2D eigenvalue weighted by Crippen LogP contribution is -2.18. The molecule has 0 heterocycles. The molecular formula is C13H18N2O3. The van der Waals surface area contributed by atoms with Gasteiger partial charge in [-0.15, -0.1) is 0 Å². The summed E-state index contributed by atoms with van der Waals surface area (Å²) in [6, 6.07) is 5.44. The van der Waals surface area contributed by atoms with E-state index in [1.807, 2.05) is 19.0 Å².